The summed E-state index contributed by atoms with van der Waals surface area (Å²) in [6, 6.07) is 0. The molecule has 0 bridgehead atoms. The molecule has 11 N–H and O–H groups in total. The third-order valence-electron chi connectivity index (χ3n) is 7.83. The highest BCUT2D eigenvalue weighted by Crippen LogP contribution is 2.26. The van der Waals surface area contributed by atoms with Crippen LogP contribution in [0.25, 0.3) is 0 Å². The van der Waals surface area contributed by atoms with Gasteiger partial charge in [0.25, 0.3) is 0 Å². The maximum absolute atomic E-state index is 10.5. The number of ether oxygens (including phenoxy) is 4. The molecule has 2 aliphatic rings. The zero-order valence-electron chi connectivity index (χ0n) is 25.1. The van der Waals surface area contributed by atoms with Gasteiger partial charge in [0, 0.05) is 25.7 Å². The van der Waals surface area contributed by atoms with E-state index in [-0.39, 0.29) is 6.54 Å². The first-order chi connectivity index (χ1) is 21.8. The van der Waals surface area contributed by atoms with Gasteiger partial charge in [-0.05, 0) is 13.5 Å². The lowest BCUT2D eigenvalue weighted by Gasteiger charge is -2.42. The molecule has 2 fully saturated rings. The van der Waals surface area contributed by atoms with Crippen molar-refractivity contribution in [2.45, 2.75) is 105 Å². The van der Waals surface area contributed by atoms with Crippen LogP contribution in [-0.2, 0) is 36.7 Å². The molecule has 1 aromatic heterocycles. The van der Waals surface area contributed by atoms with Crippen LogP contribution in [0, 0.1) is 0 Å². The molecule has 266 valence electrons. The van der Waals surface area contributed by atoms with Crippen LogP contribution in [0.1, 0.15) is 12.1 Å². The highest BCUT2D eigenvalue weighted by Gasteiger charge is 2.47. The molecule has 0 saturated carbocycles. The number of aldehydes is 1. The van der Waals surface area contributed by atoms with Crippen LogP contribution < -0.4 is 0 Å². The van der Waals surface area contributed by atoms with Gasteiger partial charge in [0.05, 0.1) is 38.2 Å². The minimum absolute atomic E-state index is 0.108. The Balaban J connectivity index is 1.46. The van der Waals surface area contributed by atoms with Crippen molar-refractivity contribution in [3.05, 3.63) is 11.9 Å². The highest BCUT2D eigenvalue weighted by molar-refractivity contribution is 5.49. The molecule has 1 aromatic rings. The third-order valence-corrected chi connectivity index (χ3v) is 7.83. The summed E-state index contributed by atoms with van der Waals surface area (Å²) in [6.45, 7) is -1.43. The van der Waals surface area contributed by atoms with Gasteiger partial charge < -0.3 is 84.8 Å². The van der Waals surface area contributed by atoms with Gasteiger partial charge in [0.2, 0.25) is 0 Å². The number of hydrogen-bond donors (Lipinski definition) is 11. The van der Waals surface area contributed by atoms with Crippen molar-refractivity contribution in [1.82, 2.24) is 19.9 Å². The normalized spacial score (nSPS) is 34.7. The van der Waals surface area contributed by atoms with E-state index >= 15 is 0 Å². The van der Waals surface area contributed by atoms with Crippen LogP contribution in [0.3, 0.4) is 0 Å². The minimum atomic E-state index is -1.92. The van der Waals surface area contributed by atoms with Crippen LogP contribution in [0.5, 0.6) is 0 Å². The molecule has 0 aromatic carbocycles. The first-order valence-electron chi connectivity index (χ1n) is 14.8. The smallest absolute Gasteiger partial charge is 0.186 e. The van der Waals surface area contributed by atoms with E-state index in [4.69, 9.17) is 18.9 Å². The number of aliphatic hydroxyl groups excluding tert-OH is 11. The molecule has 2 aliphatic heterocycles. The van der Waals surface area contributed by atoms with Crippen LogP contribution >= 0.6 is 0 Å². The van der Waals surface area contributed by atoms with E-state index < -0.39 is 106 Å². The lowest BCUT2D eigenvalue weighted by atomic mass is 9.98. The average molecular weight is 671 g/mol. The van der Waals surface area contributed by atoms with Gasteiger partial charge in [-0.3, -0.25) is 4.68 Å². The van der Waals surface area contributed by atoms with Gasteiger partial charge in [-0.15, -0.1) is 5.10 Å². The summed E-state index contributed by atoms with van der Waals surface area (Å²) in [5.41, 5.74) is 0.651. The molecule has 3 heterocycles. The van der Waals surface area contributed by atoms with Crippen molar-refractivity contribution < 1.29 is 79.9 Å². The number of aliphatic hydroxyl groups is 11. The lowest BCUT2D eigenvalue weighted by molar-refractivity contribution is -0.333. The second-order valence-corrected chi connectivity index (χ2v) is 11.4. The molecule has 20 nitrogen and oxygen atoms in total. The third kappa shape index (κ3) is 10.1. The van der Waals surface area contributed by atoms with E-state index in [1.807, 2.05) is 0 Å². The Morgan fingerprint density at radius 2 is 1.48 bits per heavy atom. The number of likely N-dealkylation sites (N-methyl/N-ethyl adjacent to an activating group) is 1. The summed E-state index contributed by atoms with van der Waals surface area (Å²) < 4.78 is 22.8. The molecule has 0 amide bonds. The molecular weight excluding hydrogens is 624 g/mol. The van der Waals surface area contributed by atoms with Crippen molar-refractivity contribution in [2.75, 3.05) is 40.0 Å². The number of rotatable bonds is 18. The summed E-state index contributed by atoms with van der Waals surface area (Å²) in [7, 11) is 1.64. The predicted octanol–water partition coefficient (Wildman–Crippen LogP) is -7.57. The van der Waals surface area contributed by atoms with E-state index in [1.54, 1.807) is 22.8 Å². The molecule has 0 aliphatic carbocycles. The van der Waals surface area contributed by atoms with Crippen molar-refractivity contribution in [1.29, 1.82) is 0 Å². The quantitative estimate of drug-likeness (QED) is 0.0646. The summed E-state index contributed by atoms with van der Waals surface area (Å²) in [6.07, 6.45) is -20.3. The number of nitrogens with zero attached hydrogens (tertiary/aromatic N) is 4. The first-order valence-corrected chi connectivity index (χ1v) is 14.8. The lowest BCUT2D eigenvalue weighted by Crippen LogP contribution is -2.62. The van der Waals surface area contributed by atoms with Crippen molar-refractivity contribution in [2.24, 2.45) is 0 Å². The zero-order valence-corrected chi connectivity index (χ0v) is 25.1. The van der Waals surface area contributed by atoms with Crippen LogP contribution in [0.4, 0.5) is 0 Å². The average Bonchev–Trinajstić information content (AvgIpc) is 3.51. The summed E-state index contributed by atoms with van der Waals surface area (Å²) in [5.74, 6) is 0. The largest absolute Gasteiger partial charge is 0.394 e. The maximum atomic E-state index is 10.5. The molecule has 3 unspecified atom stereocenters. The summed E-state index contributed by atoms with van der Waals surface area (Å²) >= 11 is 0. The highest BCUT2D eigenvalue weighted by atomic mass is 16.7. The second-order valence-electron chi connectivity index (χ2n) is 11.4. The number of aromatic nitrogens is 3. The van der Waals surface area contributed by atoms with E-state index in [2.05, 4.69) is 10.3 Å². The van der Waals surface area contributed by atoms with Gasteiger partial charge >= 0.3 is 0 Å². The molecule has 2 saturated heterocycles. The molecule has 14 atom stereocenters. The monoisotopic (exact) mass is 670 g/mol. The second kappa shape index (κ2) is 18.1. The van der Waals surface area contributed by atoms with Crippen molar-refractivity contribution in [3.63, 3.8) is 0 Å². The fourth-order valence-corrected chi connectivity index (χ4v) is 4.89. The van der Waals surface area contributed by atoms with Crippen LogP contribution in [0.15, 0.2) is 6.20 Å². The van der Waals surface area contributed by atoms with Crippen LogP contribution in [0.2, 0.25) is 0 Å². The van der Waals surface area contributed by atoms with Gasteiger partial charge in [-0.1, -0.05) is 5.21 Å². The predicted molar refractivity (Wildman–Crippen MR) is 148 cm³/mol. The minimum Gasteiger partial charge on any atom is -0.394 e. The van der Waals surface area contributed by atoms with Crippen molar-refractivity contribution >= 4 is 6.29 Å². The standard InChI is InChI=1S/C26H46N4O16/c1-29(4-5-30-7-12(27-28-30)3-2-6-31)8-13(33)17(35)18(36)14(34)10-43-25-24(42)22(40)20(38)16(46-25)11-44-26-23(41)21(39)19(37)15(9-32)45-26/h6-7,13-26,32-42H,2-5,8-11H2,1H3/t13?,14?,15-,16?,17-,18-,19-,20-,21+,22+,23-,24-,25-,26-/m1/s1. The fourth-order valence-electron chi connectivity index (χ4n) is 4.89. The van der Waals surface area contributed by atoms with E-state index in [0.717, 1.165) is 6.29 Å². The van der Waals surface area contributed by atoms with Gasteiger partial charge in [0.15, 0.2) is 12.6 Å². The first kappa shape index (κ1) is 38.6. The molecule has 0 radical (unpaired) electrons. The zero-order chi connectivity index (χ0) is 34.1. The molecular formula is C26H46N4O16. The Hall–Kier alpha value is -1.83. The molecule has 20 heteroatoms. The van der Waals surface area contributed by atoms with Gasteiger partial charge in [-0.25, -0.2) is 0 Å². The SMILES string of the molecule is CN(CCn1cc(CCC=O)nn1)CC(O)[C@@H](O)[C@H](O)C(O)CO[C@@H]1OC(CO[C@@H]2O[C@H](CO)[C@@H](O)[C@H](O)[C@H]2O)[C@@H](O)[C@H](O)[C@H]1O. The summed E-state index contributed by atoms with van der Waals surface area (Å²) in [5, 5.41) is 120. The number of hydrogen-bond acceptors (Lipinski definition) is 19. The van der Waals surface area contributed by atoms with Gasteiger partial charge in [0.1, 0.15) is 73.4 Å². The Labute approximate surface area is 263 Å². The Morgan fingerprint density at radius 1 is 0.891 bits per heavy atom. The summed E-state index contributed by atoms with van der Waals surface area (Å²) in [4.78, 5) is 12.1. The maximum Gasteiger partial charge on any atom is 0.186 e. The molecule has 46 heavy (non-hydrogen) atoms. The Bertz CT molecular complexity index is 1040. The van der Waals surface area contributed by atoms with Crippen molar-refractivity contribution in [3.8, 4) is 0 Å². The number of carbonyl (C=O) groups is 1. The fraction of sp³-hybridized carbons (Fsp3) is 0.885. The van der Waals surface area contributed by atoms with E-state index in [1.165, 1.54) is 0 Å². The number of carbonyl (C=O) groups excluding carboxylic acids is 1. The van der Waals surface area contributed by atoms with E-state index in [9.17, 15) is 61.0 Å². The topological polar surface area (TPSA) is 310 Å². The Kier molecular flexibility index (Phi) is 15.2. The number of aryl methyl sites for hydroxylation is 1. The Morgan fingerprint density at radius 3 is 2.11 bits per heavy atom. The molecule has 3 rings (SSSR count). The van der Waals surface area contributed by atoms with Crippen LogP contribution in [-0.4, -0.2) is 208 Å². The van der Waals surface area contributed by atoms with Gasteiger partial charge in [-0.2, -0.15) is 0 Å². The molecule has 0 spiro atoms. The van der Waals surface area contributed by atoms with E-state index in [0.29, 0.717) is 31.6 Å².